The molecule has 0 fully saturated rings. The van der Waals surface area contributed by atoms with Crippen molar-refractivity contribution in [2.45, 2.75) is 59.1 Å². The molecule has 0 aliphatic carbocycles. The summed E-state index contributed by atoms with van der Waals surface area (Å²) in [5.41, 5.74) is -1.04. The first-order valence-electron chi connectivity index (χ1n) is 11.6. The van der Waals surface area contributed by atoms with Crippen LogP contribution >= 0.6 is 0 Å². The van der Waals surface area contributed by atoms with E-state index in [0.29, 0.717) is 36.1 Å². The van der Waals surface area contributed by atoms with Crippen LogP contribution in [-0.4, -0.2) is 29.1 Å². The molecule has 0 radical (unpaired) electrons. The lowest BCUT2D eigenvalue weighted by molar-refractivity contribution is 0.0500. The first-order chi connectivity index (χ1) is 16.6. The predicted molar refractivity (Wildman–Crippen MR) is 130 cm³/mol. The summed E-state index contributed by atoms with van der Waals surface area (Å²) in [5.74, 6) is -2.47. The molecule has 1 unspecified atom stereocenters. The SMILES string of the molecule is CCCC(NC(=O)OC(C)(C)C)c1cc(F)c(C(=O)c2cccc3c(OCC)nccc23)c(F)c1. The molecule has 0 saturated carbocycles. The quantitative estimate of drug-likeness (QED) is 0.369. The molecule has 0 aliphatic rings. The normalized spacial score (nSPS) is 12.3. The highest BCUT2D eigenvalue weighted by Crippen LogP contribution is 2.30. The van der Waals surface area contributed by atoms with E-state index in [1.807, 2.05) is 13.8 Å². The number of fused-ring (bicyclic) bond motifs is 1. The van der Waals surface area contributed by atoms with Crippen LogP contribution in [0.5, 0.6) is 5.88 Å². The van der Waals surface area contributed by atoms with Crippen LogP contribution in [0, 0.1) is 11.6 Å². The Hall–Kier alpha value is -3.55. The van der Waals surface area contributed by atoms with Gasteiger partial charge in [0.05, 0.1) is 18.2 Å². The van der Waals surface area contributed by atoms with Gasteiger partial charge in [-0.05, 0) is 69.3 Å². The molecule has 186 valence electrons. The fourth-order valence-corrected chi connectivity index (χ4v) is 3.84. The monoisotopic (exact) mass is 484 g/mol. The van der Waals surface area contributed by atoms with E-state index in [0.717, 1.165) is 12.1 Å². The molecule has 8 heteroatoms. The standard InChI is InChI=1S/C27H30F2N2O4/c1-6-9-22(31-26(33)35-27(3,4)5)16-14-20(28)23(21(29)15-16)24(32)18-10-8-11-19-17(18)12-13-30-25(19)34-7-2/h8,10-15,22H,6-7,9H2,1-5H3,(H,31,33). The van der Waals surface area contributed by atoms with Crippen LogP contribution in [0.2, 0.25) is 0 Å². The molecule has 1 N–H and O–H groups in total. The van der Waals surface area contributed by atoms with E-state index in [1.54, 1.807) is 39.0 Å². The van der Waals surface area contributed by atoms with Crippen LogP contribution in [0.4, 0.5) is 13.6 Å². The number of nitrogens with one attached hydrogen (secondary N) is 1. The van der Waals surface area contributed by atoms with Gasteiger partial charge in [-0.25, -0.2) is 18.6 Å². The minimum absolute atomic E-state index is 0.133. The van der Waals surface area contributed by atoms with Gasteiger partial charge in [-0.1, -0.05) is 25.5 Å². The maximum Gasteiger partial charge on any atom is 0.408 e. The molecule has 6 nitrogen and oxygen atoms in total. The molecular formula is C27H30F2N2O4. The molecule has 1 atom stereocenters. The van der Waals surface area contributed by atoms with E-state index in [1.165, 1.54) is 12.3 Å². The number of hydrogen-bond acceptors (Lipinski definition) is 5. The number of amides is 1. The Kier molecular flexibility index (Phi) is 8.04. The highest BCUT2D eigenvalue weighted by atomic mass is 19.1. The van der Waals surface area contributed by atoms with Crippen molar-refractivity contribution in [3.05, 3.63) is 70.9 Å². The van der Waals surface area contributed by atoms with Gasteiger partial charge in [0, 0.05) is 17.1 Å². The van der Waals surface area contributed by atoms with Crippen molar-refractivity contribution in [2.24, 2.45) is 0 Å². The van der Waals surface area contributed by atoms with E-state index in [9.17, 15) is 9.59 Å². The Morgan fingerprint density at radius 3 is 2.34 bits per heavy atom. The summed E-state index contributed by atoms with van der Waals surface area (Å²) < 4.78 is 41.2. The fraction of sp³-hybridized carbons (Fsp3) is 0.370. The van der Waals surface area contributed by atoms with Gasteiger partial charge in [-0.3, -0.25) is 4.79 Å². The number of alkyl carbamates (subject to hydrolysis) is 1. The van der Waals surface area contributed by atoms with Gasteiger partial charge in [0.15, 0.2) is 5.78 Å². The lowest BCUT2D eigenvalue weighted by Crippen LogP contribution is -2.35. The Balaban J connectivity index is 1.98. The maximum absolute atomic E-state index is 15.2. The zero-order valence-corrected chi connectivity index (χ0v) is 20.6. The highest BCUT2D eigenvalue weighted by Gasteiger charge is 2.26. The fourth-order valence-electron chi connectivity index (χ4n) is 3.84. The van der Waals surface area contributed by atoms with Crippen molar-refractivity contribution in [1.82, 2.24) is 10.3 Å². The molecule has 3 aromatic rings. The highest BCUT2D eigenvalue weighted by molar-refractivity contribution is 6.17. The minimum atomic E-state index is -1.01. The molecular weight excluding hydrogens is 454 g/mol. The summed E-state index contributed by atoms with van der Waals surface area (Å²) in [4.78, 5) is 29.7. The van der Waals surface area contributed by atoms with E-state index >= 15 is 8.78 Å². The van der Waals surface area contributed by atoms with Gasteiger partial charge in [-0.2, -0.15) is 0 Å². The first-order valence-corrected chi connectivity index (χ1v) is 11.6. The molecule has 0 aliphatic heterocycles. The summed E-state index contributed by atoms with van der Waals surface area (Å²) >= 11 is 0. The Labute approximate surface area is 203 Å². The number of ketones is 1. The number of nitrogens with zero attached hydrogens (tertiary/aromatic N) is 1. The second-order valence-corrected chi connectivity index (χ2v) is 9.13. The molecule has 35 heavy (non-hydrogen) atoms. The maximum atomic E-state index is 15.2. The van der Waals surface area contributed by atoms with Crippen molar-refractivity contribution >= 4 is 22.6 Å². The number of ether oxygens (including phenoxy) is 2. The van der Waals surface area contributed by atoms with Gasteiger partial charge in [0.1, 0.15) is 17.2 Å². The summed E-state index contributed by atoms with van der Waals surface area (Å²) in [6.07, 6.45) is 1.88. The average Bonchev–Trinajstić information content (AvgIpc) is 2.77. The largest absolute Gasteiger partial charge is 0.478 e. The van der Waals surface area contributed by atoms with E-state index in [-0.39, 0.29) is 11.1 Å². The number of benzene rings is 2. The van der Waals surface area contributed by atoms with Crippen molar-refractivity contribution in [2.75, 3.05) is 6.61 Å². The molecule has 1 heterocycles. The number of rotatable bonds is 8. The van der Waals surface area contributed by atoms with Gasteiger partial charge in [0.2, 0.25) is 5.88 Å². The molecule has 1 amide bonds. The van der Waals surface area contributed by atoms with Crippen LogP contribution in [0.3, 0.4) is 0 Å². The Bertz CT molecular complexity index is 1210. The van der Waals surface area contributed by atoms with Crippen LogP contribution in [0.1, 0.15) is 75.0 Å². The van der Waals surface area contributed by atoms with Crippen molar-refractivity contribution < 1.29 is 27.8 Å². The van der Waals surface area contributed by atoms with Crippen molar-refractivity contribution in [1.29, 1.82) is 0 Å². The van der Waals surface area contributed by atoms with Crippen LogP contribution in [0.25, 0.3) is 10.8 Å². The second kappa shape index (κ2) is 10.8. The Morgan fingerprint density at radius 1 is 1.06 bits per heavy atom. The zero-order valence-electron chi connectivity index (χ0n) is 20.6. The minimum Gasteiger partial charge on any atom is -0.478 e. The van der Waals surface area contributed by atoms with Gasteiger partial charge in [0.25, 0.3) is 0 Å². The van der Waals surface area contributed by atoms with Crippen LogP contribution in [0.15, 0.2) is 42.6 Å². The van der Waals surface area contributed by atoms with E-state index in [4.69, 9.17) is 9.47 Å². The third-order valence-electron chi connectivity index (χ3n) is 5.26. The second-order valence-electron chi connectivity index (χ2n) is 9.13. The third-order valence-corrected chi connectivity index (χ3v) is 5.26. The number of hydrogen-bond donors (Lipinski definition) is 1. The summed E-state index contributed by atoms with van der Waals surface area (Å²) in [7, 11) is 0. The van der Waals surface area contributed by atoms with Gasteiger partial charge in [-0.15, -0.1) is 0 Å². The predicted octanol–water partition coefficient (Wildman–Crippen LogP) is 6.51. The third kappa shape index (κ3) is 6.12. The number of carbonyl (C=O) groups excluding carboxylic acids is 2. The van der Waals surface area contributed by atoms with Crippen molar-refractivity contribution in [3.63, 3.8) is 0 Å². The molecule has 0 bridgehead atoms. The van der Waals surface area contributed by atoms with E-state index < -0.39 is 40.7 Å². The van der Waals surface area contributed by atoms with Crippen molar-refractivity contribution in [3.8, 4) is 5.88 Å². The number of pyridine rings is 1. The van der Waals surface area contributed by atoms with Crippen LogP contribution in [-0.2, 0) is 4.74 Å². The number of halogens is 2. The lowest BCUT2D eigenvalue weighted by Gasteiger charge is -2.24. The molecule has 2 aromatic carbocycles. The summed E-state index contributed by atoms with van der Waals surface area (Å²) in [6.45, 7) is 9.25. The smallest absolute Gasteiger partial charge is 0.408 e. The molecule has 1 aromatic heterocycles. The zero-order chi connectivity index (χ0) is 25.8. The first kappa shape index (κ1) is 26.1. The molecule has 0 saturated heterocycles. The number of carbonyl (C=O) groups is 2. The van der Waals surface area contributed by atoms with Crippen LogP contribution < -0.4 is 10.1 Å². The topological polar surface area (TPSA) is 77.5 Å². The summed E-state index contributed by atoms with van der Waals surface area (Å²) in [5, 5.41) is 3.72. The lowest BCUT2D eigenvalue weighted by atomic mass is 9.94. The summed E-state index contributed by atoms with van der Waals surface area (Å²) in [6, 6.07) is 7.97. The Morgan fingerprint density at radius 2 is 1.74 bits per heavy atom. The number of aromatic nitrogens is 1. The van der Waals surface area contributed by atoms with E-state index in [2.05, 4.69) is 10.3 Å². The van der Waals surface area contributed by atoms with Gasteiger partial charge >= 0.3 is 6.09 Å². The van der Waals surface area contributed by atoms with Gasteiger partial charge < -0.3 is 14.8 Å². The molecule has 0 spiro atoms. The molecule has 3 rings (SSSR count). The average molecular weight is 485 g/mol.